The second kappa shape index (κ2) is 23.6. The summed E-state index contributed by atoms with van der Waals surface area (Å²) < 4.78 is 24.0. The Hall–Kier alpha value is -3.30. The van der Waals surface area contributed by atoms with Gasteiger partial charge in [-0.1, -0.05) is 100 Å². The average molecular weight is 799 g/mol. The molecular weight excluding hydrogens is 745 g/mol. The molecule has 0 saturated carbocycles. The van der Waals surface area contributed by atoms with Crippen molar-refractivity contribution in [2.45, 2.75) is 118 Å². The summed E-state index contributed by atoms with van der Waals surface area (Å²) in [6.07, 6.45) is 8.67. The number of hydrogen-bond donors (Lipinski definition) is 0. The number of rotatable bonds is 24. The first-order valence-electron chi connectivity index (χ1n) is 19.4. The van der Waals surface area contributed by atoms with Crippen LogP contribution in [0.1, 0.15) is 79.1 Å². The Balaban J connectivity index is 1.51. The average Bonchev–Trinajstić information content (AvgIpc) is 3.20. The van der Waals surface area contributed by atoms with E-state index in [1.807, 2.05) is 23.5 Å². The Labute approximate surface area is 340 Å². The highest BCUT2D eigenvalue weighted by Gasteiger charge is 2.19. The zero-order chi connectivity index (χ0) is 37.8. The maximum atomic E-state index is 6.01. The summed E-state index contributed by atoms with van der Waals surface area (Å²) in [6, 6.07) is 38.6. The van der Waals surface area contributed by atoms with Crippen molar-refractivity contribution < 1.29 is 18.9 Å². The third-order valence-electron chi connectivity index (χ3n) is 8.30. The molecule has 0 radical (unpaired) electrons. The van der Waals surface area contributed by atoms with Crippen LogP contribution < -0.4 is 18.9 Å². The fourth-order valence-electron chi connectivity index (χ4n) is 5.12. The summed E-state index contributed by atoms with van der Waals surface area (Å²) in [4.78, 5) is 9.52. The van der Waals surface area contributed by atoms with Gasteiger partial charge in [-0.05, 0) is 135 Å². The largest absolute Gasteiger partial charge is 0.494 e. The smallest absolute Gasteiger partial charge is 0.119 e. The van der Waals surface area contributed by atoms with Crippen LogP contribution in [0.2, 0.25) is 0 Å². The Kier molecular flexibility index (Phi) is 18.3. The predicted octanol–water partition coefficient (Wildman–Crippen LogP) is 15.0. The molecule has 0 bridgehead atoms. The van der Waals surface area contributed by atoms with Crippen LogP contribution in [0.3, 0.4) is 0 Å². The fourth-order valence-corrected chi connectivity index (χ4v) is 9.47. The highest BCUT2D eigenvalue weighted by molar-refractivity contribution is 8.05. The molecule has 54 heavy (non-hydrogen) atoms. The van der Waals surface area contributed by atoms with Crippen molar-refractivity contribution in [2.75, 3.05) is 26.4 Å². The second-order valence-corrected chi connectivity index (χ2v) is 17.2. The highest BCUT2D eigenvalue weighted by atomic mass is 32.2. The summed E-state index contributed by atoms with van der Waals surface area (Å²) in [5.74, 6) is 3.64. The Bertz CT molecular complexity index is 1660. The van der Waals surface area contributed by atoms with Gasteiger partial charge in [0, 0.05) is 39.2 Å². The topological polar surface area (TPSA) is 36.9 Å². The SMILES string of the molecule is CCCCOc1ccc(Sc2ccc(Sc3ccc(OCCCC)cc3)c(Sc3ccc(OCCCC)cc3)c2Sc2ccc(OCCCC)cc2)cc1. The van der Waals surface area contributed by atoms with Crippen molar-refractivity contribution >= 4 is 47.0 Å². The van der Waals surface area contributed by atoms with Crippen LogP contribution in [-0.2, 0) is 0 Å². The van der Waals surface area contributed by atoms with Crippen LogP contribution in [-0.4, -0.2) is 26.4 Å². The lowest BCUT2D eigenvalue weighted by molar-refractivity contribution is 0.309. The molecule has 4 nitrogen and oxygen atoms in total. The molecule has 0 aliphatic carbocycles. The molecule has 0 saturated heterocycles. The fraction of sp³-hybridized carbons (Fsp3) is 0.348. The minimum Gasteiger partial charge on any atom is -0.494 e. The van der Waals surface area contributed by atoms with Gasteiger partial charge in [0.25, 0.3) is 0 Å². The molecule has 0 aliphatic heterocycles. The zero-order valence-corrected chi connectivity index (χ0v) is 35.4. The Morgan fingerprint density at radius 2 is 0.556 bits per heavy atom. The van der Waals surface area contributed by atoms with E-state index in [-0.39, 0.29) is 0 Å². The first kappa shape index (κ1) is 41.9. The van der Waals surface area contributed by atoms with E-state index in [0.717, 1.165) is 111 Å². The molecule has 0 aromatic heterocycles. The molecule has 5 rings (SSSR count). The first-order valence-corrected chi connectivity index (χ1v) is 22.6. The van der Waals surface area contributed by atoms with Crippen LogP contribution in [0.5, 0.6) is 23.0 Å². The Morgan fingerprint density at radius 1 is 0.315 bits per heavy atom. The highest BCUT2D eigenvalue weighted by Crippen LogP contribution is 2.51. The minimum absolute atomic E-state index is 0.737. The van der Waals surface area contributed by atoms with Crippen LogP contribution in [0.15, 0.2) is 148 Å². The third-order valence-corrected chi connectivity index (χ3v) is 13.1. The van der Waals surface area contributed by atoms with Crippen LogP contribution in [0.25, 0.3) is 0 Å². The molecule has 5 aromatic carbocycles. The van der Waals surface area contributed by atoms with Gasteiger partial charge in [-0.2, -0.15) is 0 Å². The number of unbranched alkanes of at least 4 members (excludes halogenated alkanes) is 4. The van der Waals surface area contributed by atoms with E-state index < -0.39 is 0 Å². The van der Waals surface area contributed by atoms with Crippen molar-refractivity contribution in [1.82, 2.24) is 0 Å². The van der Waals surface area contributed by atoms with Crippen molar-refractivity contribution in [3.05, 3.63) is 109 Å². The predicted molar refractivity (Wildman–Crippen MR) is 230 cm³/mol. The molecule has 0 heterocycles. The Morgan fingerprint density at radius 3 is 0.796 bits per heavy atom. The molecule has 0 spiro atoms. The van der Waals surface area contributed by atoms with Gasteiger partial charge in [0.1, 0.15) is 23.0 Å². The van der Waals surface area contributed by atoms with Crippen LogP contribution >= 0.6 is 47.0 Å². The summed E-state index contributed by atoms with van der Waals surface area (Å²) in [7, 11) is 0. The van der Waals surface area contributed by atoms with Crippen molar-refractivity contribution in [3.63, 3.8) is 0 Å². The number of ether oxygens (including phenoxy) is 4. The first-order chi connectivity index (χ1) is 26.6. The van der Waals surface area contributed by atoms with E-state index in [1.54, 1.807) is 23.5 Å². The third kappa shape index (κ3) is 13.8. The lowest BCUT2D eigenvalue weighted by Crippen LogP contribution is -1.96. The summed E-state index contributed by atoms with van der Waals surface area (Å²) in [5, 5.41) is 0. The van der Waals surface area contributed by atoms with Crippen LogP contribution in [0.4, 0.5) is 0 Å². The number of hydrogen-bond acceptors (Lipinski definition) is 8. The quantitative estimate of drug-likeness (QED) is 0.0572. The van der Waals surface area contributed by atoms with Gasteiger partial charge >= 0.3 is 0 Å². The van der Waals surface area contributed by atoms with Gasteiger partial charge in [-0.25, -0.2) is 0 Å². The lowest BCUT2D eigenvalue weighted by atomic mass is 10.3. The second-order valence-electron chi connectivity index (χ2n) is 12.8. The minimum atomic E-state index is 0.737. The number of benzene rings is 5. The zero-order valence-electron chi connectivity index (χ0n) is 32.1. The maximum Gasteiger partial charge on any atom is 0.119 e. The molecule has 8 heteroatoms. The van der Waals surface area contributed by atoms with Crippen molar-refractivity contribution in [3.8, 4) is 23.0 Å². The molecule has 286 valence electrons. The lowest BCUT2D eigenvalue weighted by Gasteiger charge is -2.19. The molecule has 0 atom stereocenters. The molecule has 0 fully saturated rings. The van der Waals surface area contributed by atoms with Gasteiger partial charge in [0.15, 0.2) is 0 Å². The van der Waals surface area contributed by atoms with E-state index in [1.165, 1.54) is 29.4 Å². The molecular formula is C46H54O4S4. The molecule has 0 unspecified atom stereocenters. The molecule has 0 amide bonds. The van der Waals surface area contributed by atoms with E-state index in [4.69, 9.17) is 18.9 Å². The van der Waals surface area contributed by atoms with E-state index in [0.29, 0.717) is 0 Å². The van der Waals surface area contributed by atoms with Gasteiger partial charge in [0.05, 0.1) is 26.4 Å². The van der Waals surface area contributed by atoms with Gasteiger partial charge in [-0.15, -0.1) is 0 Å². The van der Waals surface area contributed by atoms with E-state index in [9.17, 15) is 0 Å². The summed E-state index contributed by atoms with van der Waals surface area (Å²) >= 11 is 7.20. The summed E-state index contributed by atoms with van der Waals surface area (Å²) in [5.41, 5.74) is 0. The maximum absolute atomic E-state index is 6.01. The van der Waals surface area contributed by atoms with Gasteiger partial charge in [-0.3, -0.25) is 0 Å². The molecule has 5 aromatic rings. The van der Waals surface area contributed by atoms with E-state index >= 15 is 0 Å². The van der Waals surface area contributed by atoms with Crippen molar-refractivity contribution in [1.29, 1.82) is 0 Å². The molecule has 0 aliphatic rings. The summed E-state index contributed by atoms with van der Waals surface area (Å²) in [6.45, 7) is 11.7. The van der Waals surface area contributed by atoms with Crippen LogP contribution in [0, 0.1) is 0 Å². The monoisotopic (exact) mass is 798 g/mol. The van der Waals surface area contributed by atoms with E-state index in [2.05, 4.69) is 137 Å². The normalized spacial score (nSPS) is 11.0. The van der Waals surface area contributed by atoms with Gasteiger partial charge in [0.2, 0.25) is 0 Å². The molecule has 0 N–H and O–H groups in total. The van der Waals surface area contributed by atoms with Gasteiger partial charge < -0.3 is 18.9 Å². The van der Waals surface area contributed by atoms with Crippen molar-refractivity contribution in [2.24, 2.45) is 0 Å². The standard InChI is InChI=1S/C46H54O4S4/c1-5-9-31-47-35-13-21-39(22-14-35)51-43-29-30-44(52-40-23-15-36(16-24-40)48-32-10-6-2)46(54-42-27-19-38(20-28-42)50-34-12-8-4)45(43)53-41-25-17-37(18-26-41)49-33-11-7-3/h13-30H,5-12,31-34H2,1-4H3.